The molecule has 0 heterocycles. The van der Waals surface area contributed by atoms with Gasteiger partial charge >= 0.3 is 16.1 Å². The maximum atomic E-state index is 12.6. The Bertz CT molecular complexity index is 961. The molecule has 9 nitrogen and oxygen atoms in total. The summed E-state index contributed by atoms with van der Waals surface area (Å²) in [6, 6.07) is 13.8. The smallest absolute Gasteiger partial charge is 0.320 e. The molecule has 27 heavy (non-hydrogen) atoms. The van der Waals surface area contributed by atoms with Crippen molar-refractivity contribution in [2.75, 3.05) is 0 Å². The van der Waals surface area contributed by atoms with Gasteiger partial charge in [-0.2, -0.15) is 8.42 Å². The van der Waals surface area contributed by atoms with Crippen molar-refractivity contribution in [1.82, 2.24) is 5.32 Å². The van der Waals surface area contributed by atoms with Crippen LogP contribution in [-0.4, -0.2) is 35.9 Å². The van der Waals surface area contributed by atoms with Gasteiger partial charge in [-0.3, -0.25) is 18.9 Å². The molecule has 2 aromatic carbocycles. The highest BCUT2D eigenvalue weighted by Crippen LogP contribution is 2.29. The minimum atomic E-state index is -5.31. The highest BCUT2D eigenvalue weighted by Gasteiger charge is 2.53. The summed E-state index contributed by atoms with van der Waals surface area (Å²) in [4.78, 5) is 33.3. The van der Waals surface area contributed by atoms with Crippen LogP contribution in [-0.2, 0) is 29.4 Å². The molecule has 10 heteroatoms. The van der Waals surface area contributed by atoms with E-state index in [0.717, 1.165) is 12.1 Å². The molecule has 0 radical (unpaired) electrons. The minimum Gasteiger partial charge on any atom is -0.480 e. The second-order valence-corrected chi connectivity index (χ2v) is 7.12. The quantitative estimate of drug-likeness (QED) is 0.386. The lowest BCUT2D eigenvalue weighted by Crippen LogP contribution is -2.60. The molecular formula is C17H16N2O7S. The van der Waals surface area contributed by atoms with Gasteiger partial charge in [-0.1, -0.05) is 60.7 Å². The molecule has 2 aromatic rings. The van der Waals surface area contributed by atoms with Gasteiger partial charge in [-0.25, -0.2) is 0 Å². The number of carboxylic acids is 1. The first kappa shape index (κ1) is 20.1. The first-order valence-corrected chi connectivity index (χ1v) is 8.97. The van der Waals surface area contributed by atoms with Gasteiger partial charge in [0.25, 0.3) is 10.8 Å². The normalized spacial score (nSPS) is 14.6. The van der Waals surface area contributed by atoms with Gasteiger partial charge in [-0.15, -0.1) is 0 Å². The summed E-state index contributed by atoms with van der Waals surface area (Å²) in [5.41, 5.74) is 4.92. The fraction of sp³-hybridized carbons (Fsp3) is 0.118. The largest absolute Gasteiger partial charge is 0.480 e. The molecule has 0 saturated carbocycles. The van der Waals surface area contributed by atoms with Gasteiger partial charge in [0.05, 0.1) is 0 Å². The monoisotopic (exact) mass is 392 g/mol. The molecule has 0 bridgehead atoms. The number of hydrogen-bond acceptors (Lipinski definition) is 5. The summed E-state index contributed by atoms with van der Waals surface area (Å²) in [6.45, 7) is 0. The van der Waals surface area contributed by atoms with Crippen LogP contribution in [0.4, 0.5) is 0 Å². The number of aliphatic carboxylic acids is 1. The number of amides is 2. The lowest BCUT2D eigenvalue weighted by molar-refractivity contribution is -0.144. The summed E-state index contributed by atoms with van der Waals surface area (Å²) >= 11 is 0. The fourth-order valence-electron chi connectivity index (χ4n) is 2.59. The highest BCUT2D eigenvalue weighted by molar-refractivity contribution is 7.87. The molecule has 2 amide bonds. The molecule has 2 rings (SSSR count). The van der Waals surface area contributed by atoms with Crippen LogP contribution in [0.3, 0.4) is 0 Å². The lowest BCUT2D eigenvalue weighted by Gasteiger charge is -2.30. The third kappa shape index (κ3) is 3.81. The van der Waals surface area contributed by atoms with Crippen molar-refractivity contribution in [3.05, 3.63) is 71.8 Å². The van der Waals surface area contributed by atoms with Crippen LogP contribution in [0.15, 0.2) is 60.7 Å². The van der Waals surface area contributed by atoms with Crippen LogP contribution in [0.25, 0.3) is 0 Å². The maximum Gasteiger partial charge on any atom is 0.320 e. The fourth-order valence-corrected chi connectivity index (χ4v) is 3.50. The SMILES string of the molecule is NC(=O)C(NC(=O)C(C(=O)O)c1ccccc1)(c1ccccc1)S(=O)(=O)O. The van der Waals surface area contributed by atoms with Gasteiger partial charge in [0.2, 0.25) is 5.91 Å². The molecule has 2 unspecified atom stereocenters. The average Bonchev–Trinajstić information content (AvgIpc) is 2.59. The van der Waals surface area contributed by atoms with E-state index >= 15 is 0 Å². The maximum absolute atomic E-state index is 12.6. The van der Waals surface area contributed by atoms with Crippen LogP contribution in [0.1, 0.15) is 17.0 Å². The Labute approximate surface area is 154 Å². The Balaban J connectivity index is 2.60. The Morgan fingerprint density at radius 3 is 1.85 bits per heavy atom. The second-order valence-electron chi connectivity index (χ2n) is 5.56. The van der Waals surface area contributed by atoms with E-state index in [1.807, 2.05) is 5.32 Å². The lowest BCUT2D eigenvalue weighted by atomic mass is 9.97. The zero-order chi connectivity index (χ0) is 20.2. The predicted molar refractivity (Wildman–Crippen MR) is 93.8 cm³/mol. The van der Waals surface area contributed by atoms with Crippen LogP contribution < -0.4 is 11.1 Å². The molecule has 0 aliphatic carbocycles. The van der Waals surface area contributed by atoms with E-state index in [1.54, 1.807) is 6.07 Å². The number of carbonyl (C=O) groups excluding carboxylic acids is 2. The van der Waals surface area contributed by atoms with Gasteiger partial charge in [0, 0.05) is 5.56 Å². The van der Waals surface area contributed by atoms with Crippen molar-refractivity contribution < 1.29 is 32.5 Å². The van der Waals surface area contributed by atoms with Crippen molar-refractivity contribution in [1.29, 1.82) is 0 Å². The minimum absolute atomic E-state index is 0.0456. The number of primary amides is 1. The van der Waals surface area contributed by atoms with Crippen LogP contribution in [0, 0.1) is 0 Å². The Morgan fingerprint density at radius 1 is 0.963 bits per heavy atom. The predicted octanol–water partition coefficient (Wildman–Crippen LogP) is 0.197. The van der Waals surface area contributed by atoms with Crippen molar-refractivity contribution in [3.8, 4) is 0 Å². The molecule has 0 aliphatic heterocycles. The summed E-state index contributed by atoms with van der Waals surface area (Å²) in [5, 5.41) is 11.3. The van der Waals surface area contributed by atoms with E-state index in [2.05, 4.69) is 0 Å². The van der Waals surface area contributed by atoms with E-state index in [0.29, 0.717) is 0 Å². The molecule has 0 aromatic heterocycles. The van der Waals surface area contributed by atoms with Crippen LogP contribution in [0.5, 0.6) is 0 Å². The van der Waals surface area contributed by atoms with Crippen LogP contribution >= 0.6 is 0 Å². The second kappa shape index (κ2) is 7.56. The van der Waals surface area contributed by atoms with Gasteiger partial charge in [0.15, 0.2) is 5.92 Å². The Hall–Kier alpha value is -3.24. The number of benzene rings is 2. The van der Waals surface area contributed by atoms with E-state index < -0.39 is 38.7 Å². The first-order chi connectivity index (χ1) is 12.6. The molecule has 0 fully saturated rings. The van der Waals surface area contributed by atoms with Crippen molar-refractivity contribution in [2.45, 2.75) is 10.8 Å². The summed E-state index contributed by atoms with van der Waals surface area (Å²) in [7, 11) is -5.31. The molecular weight excluding hydrogens is 376 g/mol. The topological polar surface area (TPSA) is 164 Å². The molecule has 2 atom stereocenters. The third-order valence-corrected chi connectivity index (χ3v) is 5.17. The Morgan fingerprint density at radius 2 is 1.44 bits per heavy atom. The van der Waals surface area contributed by atoms with Crippen LogP contribution in [0.2, 0.25) is 0 Å². The van der Waals surface area contributed by atoms with E-state index in [-0.39, 0.29) is 11.1 Å². The van der Waals surface area contributed by atoms with Crippen molar-refractivity contribution in [3.63, 3.8) is 0 Å². The zero-order valence-electron chi connectivity index (χ0n) is 13.8. The molecule has 5 N–H and O–H groups in total. The average molecular weight is 392 g/mol. The van der Waals surface area contributed by atoms with Gasteiger partial charge in [-0.05, 0) is 5.56 Å². The standard InChI is InChI=1S/C17H16N2O7S/c18-16(23)17(27(24,25)26,12-9-5-2-6-10-12)19-14(20)13(15(21)22)11-7-3-1-4-8-11/h1-10,13H,(H2,18,23)(H,19,20)(H,21,22)(H,24,25,26). The van der Waals surface area contributed by atoms with E-state index in [4.69, 9.17) is 5.73 Å². The van der Waals surface area contributed by atoms with Gasteiger partial charge < -0.3 is 16.2 Å². The van der Waals surface area contributed by atoms with Crippen molar-refractivity contribution in [2.24, 2.45) is 5.73 Å². The molecule has 142 valence electrons. The molecule has 0 saturated heterocycles. The number of hydrogen-bond donors (Lipinski definition) is 4. The summed E-state index contributed by atoms with van der Waals surface area (Å²) in [6.07, 6.45) is 0. The number of carboxylic acid groups (broad SMARTS) is 1. The number of nitrogens with one attached hydrogen (secondary N) is 1. The highest BCUT2D eigenvalue weighted by atomic mass is 32.2. The summed E-state index contributed by atoms with van der Waals surface area (Å²) in [5.74, 6) is -6.36. The van der Waals surface area contributed by atoms with Gasteiger partial charge in [0.1, 0.15) is 0 Å². The molecule has 0 aliphatic rings. The summed E-state index contributed by atoms with van der Waals surface area (Å²) < 4.78 is 33.8. The third-order valence-electron chi connectivity index (χ3n) is 3.86. The zero-order valence-corrected chi connectivity index (χ0v) is 14.6. The number of rotatable bonds is 7. The number of nitrogens with two attached hydrogens (primary N) is 1. The van der Waals surface area contributed by atoms with E-state index in [1.165, 1.54) is 42.5 Å². The first-order valence-electron chi connectivity index (χ1n) is 7.53. The Kier molecular flexibility index (Phi) is 5.62. The number of carbonyl (C=O) groups is 3. The van der Waals surface area contributed by atoms with Crippen molar-refractivity contribution >= 4 is 27.9 Å². The van der Waals surface area contributed by atoms with E-state index in [9.17, 15) is 32.5 Å². The molecule has 0 spiro atoms.